The molecule has 0 heterocycles. The number of carboxylic acid groups (broad SMARTS) is 1. The molecule has 10 heteroatoms. The minimum Gasteiger partial charge on any atom is -0.481 e. The molecule has 0 spiro atoms. The molecule has 0 unspecified atom stereocenters. The topological polar surface area (TPSA) is 118 Å². The quantitative estimate of drug-likeness (QED) is 0.455. The molecule has 0 aliphatic heterocycles. The number of nitro groups is 1. The summed E-state index contributed by atoms with van der Waals surface area (Å²) in [7, 11) is -1.10. The average Bonchev–Trinajstić information content (AvgIpc) is 2.37. The van der Waals surface area contributed by atoms with E-state index in [-0.39, 0.29) is 27.7 Å². The Hall–Kier alpha value is -1.65. The minimum absolute atomic E-state index is 0.139. The molecule has 0 aliphatic rings. The average molecular weight is 334 g/mol. The number of aliphatic carboxylic acids is 1. The molecule has 0 saturated carbocycles. The summed E-state index contributed by atoms with van der Waals surface area (Å²) in [6.07, 6.45) is -0.139. The number of nitrogens with zero attached hydrogens (tertiary/aromatic N) is 2. The van der Waals surface area contributed by atoms with Gasteiger partial charge in [-0.3, -0.25) is 14.9 Å². The summed E-state index contributed by atoms with van der Waals surface area (Å²) in [5, 5.41) is 19.6. The summed E-state index contributed by atoms with van der Waals surface area (Å²) in [4.78, 5) is 20.8. The molecule has 21 heavy (non-hydrogen) atoms. The van der Waals surface area contributed by atoms with Gasteiger partial charge in [0.1, 0.15) is 0 Å². The Balaban J connectivity index is 3.14. The van der Waals surface area contributed by atoms with Crippen LogP contribution in [0, 0.1) is 10.1 Å². The molecule has 0 aliphatic carbocycles. The molecular weight excluding hydrogens is 320 g/mol. The van der Waals surface area contributed by atoms with E-state index in [1.54, 1.807) is 0 Å². The number of nitro benzene ring substituents is 1. The normalized spacial score (nSPS) is 11.6. The van der Waals surface area contributed by atoms with Gasteiger partial charge in [0.05, 0.1) is 21.1 Å². The van der Waals surface area contributed by atoms with Crippen LogP contribution in [0.15, 0.2) is 28.0 Å². The van der Waals surface area contributed by atoms with Gasteiger partial charge in [-0.15, -0.1) is 11.8 Å². The van der Waals surface area contributed by atoms with Gasteiger partial charge in [0.25, 0.3) is 5.69 Å². The highest BCUT2D eigenvalue weighted by molar-refractivity contribution is 7.99. The Morgan fingerprint density at radius 3 is 2.52 bits per heavy atom. The van der Waals surface area contributed by atoms with Crippen molar-refractivity contribution in [1.82, 2.24) is 4.31 Å². The lowest BCUT2D eigenvalue weighted by molar-refractivity contribution is -0.388. The summed E-state index contributed by atoms with van der Waals surface area (Å²) in [5.41, 5.74) is -0.353. The Labute approximate surface area is 126 Å². The molecule has 0 saturated heterocycles. The van der Waals surface area contributed by atoms with Gasteiger partial charge in [0.15, 0.2) is 0 Å². The summed E-state index contributed by atoms with van der Waals surface area (Å²) in [6.45, 7) is 0. The van der Waals surface area contributed by atoms with Gasteiger partial charge in [-0.25, -0.2) is 12.7 Å². The van der Waals surface area contributed by atoms with Crippen LogP contribution in [0.4, 0.5) is 5.69 Å². The van der Waals surface area contributed by atoms with Crippen molar-refractivity contribution >= 4 is 33.4 Å². The molecular formula is C11H14N2O6S2. The number of sulfonamides is 1. The SMILES string of the molecule is CN(C)S(=O)(=O)c1ccc(SCCC(=O)O)c([N+](=O)[O-])c1. The molecule has 0 atom stereocenters. The second-order valence-electron chi connectivity index (χ2n) is 4.17. The van der Waals surface area contributed by atoms with Crippen molar-refractivity contribution in [3.05, 3.63) is 28.3 Å². The zero-order chi connectivity index (χ0) is 16.2. The van der Waals surface area contributed by atoms with E-state index in [1.165, 1.54) is 26.2 Å². The zero-order valence-corrected chi connectivity index (χ0v) is 13.0. The van der Waals surface area contributed by atoms with Crippen LogP contribution in [-0.2, 0) is 14.8 Å². The first kappa shape index (κ1) is 17.4. The van der Waals surface area contributed by atoms with Crippen molar-refractivity contribution in [3.8, 4) is 0 Å². The van der Waals surface area contributed by atoms with E-state index in [4.69, 9.17) is 5.11 Å². The maximum absolute atomic E-state index is 11.9. The molecule has 1 aromatic rings. The summed E-state index contributed by atoms with van der Waals surface area (Å²) in [5.74, 6) is -0.840. The maximum atomic E-state index is 11.9. The number of hydrogen-bond acceptors (Lipinski definition) is 6. The molecule has 0 radical (unpaired) electrons. The molecule has 0 fully saturated rings. The van der Waals surface area contributed by atoms with Crippen molar-refractivity contribution in [3.63, 3.8) is 0 Å². The highest BCUT2D eigenvalue weighted by Gasteiger charge is 2.23. The summed E-state index contributed by atoms with van der Waals surface area (Å²) in [6, 6.07) is 3.57. The molecule has 8 nitrogen and oxygen atoms in total. The molecule has 0 amide bonds. The van der Waals surface area contributed by atoms with Gasteiger partial charge in [-0.1, -0.05) is 0 Å². The zero-order valence-electron chi connectivity index (χ0n) is 11.3. The lowest BCUT2D eigenvalue weighted by Gasteiger charge is -2.11. The lowest BCUT2D eigenvalue weighted by atomic mass is 10.3. The Bertz CT molecular complexity index is 657. The van der Waals surface area contributed by atoms with E-state index in [0.717, 1.165) is 22.1 Å². The van der Waals surface area contributed by atoms with Crippen molar-refractivity contribution in [2.24, 2.45) is 0 Å². The van der Waals surface area contributed by atoms with Crippen molar-refractivity contribution in [2.45, 2.75) is 16.2 Å². The van der Waals surface area contributed by atoms with Gasteiger partial charge in [-0.2, -0.15) is 0 Å². The first-order valence-corrected chi connectivity index (χ1v) is 8.14. The third-order valence-corrected chi connectivity index (χ3v) is 5.35. The molecule has 1 rings (SSSR count). The fourth-order valence-electron chi connectivity index (χ4n) is 1.38. The molecule has 0 bridgehead atoms. The van der Waals surface area contributed by atoms with Gasteiger partial charge < -0.3 is 5.11 Å². The van der Waals surface area contributed by atoms with Crippen LogP contribution in [-0.4, -0.2) is 48.6 Å². The van der Waals surface area contributed by atoms with Crippen molar-refractivity contribution in [1.29, 1.82) is 0 Å². The Kier molecular flexibility index (Phi) is 5.70. The van der Waals surface area contributed by atoms with Crippen LogP contribution >= 0.6 is 11.8 Å². The van der Waals surface area contributed by atoms with Crippen LogP contribution in [0.25, 0.3) is 0 Å². The Morgan fingerprint density at radius 2 is 2.05 bits per heavy atom. The number of carboxylic acids is 1. The predicted octanol–water partition coefficient (Wildman–Crippen LogP) is 1.41. The largest absolute Gasteiger partial charge is 0.481 e. The van der Waals surface area contributed by atoms with Crippen molar-refractivity contribution in [2.75, 3.05) is 19.8 Å². The van der Waals surface area contributed by atoms with E-state index >= 15 is 0 Å². The third-order valence-electron chi connectivity index (χ3n) is 2.48. The number of benzene rings is 1. The van der Waals surface area contributed by atoms with Crippen LogP contribution < -0.4 is 0 Å². The summed E-state index contributed by atoms with van der Waals surface area (Å²) >= 11 is 1.00. The predicted molar refractivity (Wildman–Crippen MR) is 76.9 cm³/mol. The van der Waals surface area contributed by atoms with E-state index in [2.05, 4.69) is 0 Å². The molecule has 1 N–H and O–H groups in total. The molecule has 116 valence electrons. The van der Waals surface area contributed by atoms with Crippen molar-refractivity contribution < 1.29 is 23.2 Å². The van der Waals surface area contributed by atoms with Crippen LogP contribution in [0.1, 0.15) is 6.42 Å². The first-order valence-electron chi connectivity index (χ1n) is 5.72. The van der Waals surface area contributed by atoms with Gasteiger partial charge in [0.2, 0.25) is 10.0 Å². The number of hydrogen-bond donors (Lipinski definition) is 1. The minimum atomic E-state index is -3.76. The first-order chi connectivity index (χ1) is 9.66. The summed E-state index contributed by atoms with van der Waals surface area (Å²) < 4.78 is 24.8. The van der Waals surface area contributed by atoms with Gasteiger partial charge in [0, 0.05) is 25.9 Å². The number of carbonyl (C=O) groups is 1. The number of thioether (sulfide) groups is 1. The van der Waals surface area contributed by atoms with E-state index in [0.29, 0.717) is 0 Å². The second kappa shape index (κ2) is 6.87. The van der Waals surface area contributed by atoms with E-state index in [1.807, 2.05) is 0 Å². The second-order valence-corrected chi connectivity index (χ2v) is 7.45. The monoisotopic (exact) mass is 334 g/mol. The molecule has 0 aromatic heterocycles. The maximum Gasteiger partial charge on any atom is 0.304 e. The van der Waals surface area contributed by atoms with Gasteiger partial charge >= 0.3 is 5.97 Å². The third kappa shape index (κ3) is 4.41. The highest BCUT2D eigenvalue weighted by Crippen LogP contribution is 2.32. The molecule has 1 aromatic carbocycles. The Morgan fingerprint density at radius 1 is 1.43 bits per heavy atom. The van der Waals surface area contributed by atoms with Crippen LogP contribution in [0.2, 0.25) is 0 Å². The van der Waals surface area contributed by atoms with Crippen LogP contribution in [0.3, 0.4) is 0 Å². The fraction of sp³-hybridized carbons (Fsp3) is 0.364. The number of rotatable bonds is 7. The lowest BCUT2D eigenvalue weighted by Crippen LogP contribution is -2.22. The van der Waals surface area contributed by atoms with Gasteiger partial charge in [-0.05, 0) is 12.1 Å². The van der Waals surface area contributed by atoms with Crippen LogP contribution in [0.5, 0.6) is 0 Å². The van der Waals surface area contributed by atoms with E-state index in [9.17, 15) is 23.3 Å². The standard InChI is InChI=1S/C11H14N2O6S2/c1-12(2)21(18,19)8-3-4-10(9(7-8)13(16)17)20-6-5-11(14)15/h3-4,7H,5-6H2,1-2H3,(H,14,15). The fourth-order valence-corrected chi connectivity index (χ4v) is 3.25. The highest BCUT2D eigenvalue weighted by atomic mass is 32.2. The van der Waals surface area contributed by atoms with E-state index < -0.39 is 20.9 Å². The smallest absolute Gasteiger partial charge is 0.304 e.